The Morgan fingerprint density at radius 2 is 2.22 bits per heavy atom. The quantitative estimate of drug-likeness (QED) is 0.740. The van der Waals surface area contributed by atoms with Gasteiger partial charge in [-0.25, -0.2) is 4.98 Å². The van der Waals surface area contributed by atoms with Crippen LogP contribution in [0.4, 0.5) is 5.95 Å². The Labute approximate surface area is 109 Å². The molecule has 1 heterocycles. The summed E-state index contributed by atoms with van der Waals surface area (Å²) in [6.07, 6.45) is 3.95. The van der Waals surface area contributed by atoms with E-state index in [2.05, 4.69) is 22.2 Å². The second-order valence-electron chi connectivity index (χ2n) is 4.62. The third kappa shape index (κ3) is 5.31. The maximum atomic E-state index is 5.57. The van der Waals surface area contributed by atoms with Gasteiger partial charge in [-0.2, -0.15) is 4.98 Å². The lowest BCUT2D eigenvalue weighted by atomic mass is 10.0. The Hall–Kier alpha value is -1.36. The molecule has 0 amide bonds. The standard InChI is InChI=1S/C13H24N4O/c1-4-11(5-7-14)9-16-13-15-8-6-12(17-13)18-10(2)3/h6,8,10-11H,4-5,7,9,14H2,1-3H3,(H,15,16,17). The average Bonchev–Trinajstić information content (AvgIpc) is 2.34. The lowest BCUT2D eigenvalue weighted by molar-refractivity contribution is 0.232. The van der Waals surface area contributed by atoms with Crippen molar-refractivity contribution < 1.29 is 4.74 Å². The number of nitrogens with two attached hydrogens (primary N) is 1. The number of rotatable bonds is 8. The molecule has 1 aromatic heterocycles. The zero-order valence-corrected chi connectivity index (χ0v) is 11.5. The summed E-state index contributed by atoms with van der Waals surface area (Å²) >= 11 is 0. The van der Waals surface area contributed by atoms with Crippen molar-refractivity contribution in [2.24, 2.45) is 11.7 Å². The van der Waals surface area contributed by atoms with Crippen LogP contribution >= 0.6 is 0 Å². The molecule has 5 nitrogen and oxygen atoms in total. The summed E-state index contributed by atoms with van der Waals surface area (Å²) < 4.78 is 5.52. The van der Waals surface area contributed by atoms with Crippen LogP contribution in [0.25, 0.3) is 0 Å². The lowest BCUT2D eigenvalue weighted by Gasteiger charge is -2.15. The Balaban J connectivity index is 2.51. The fourth-order valence-electron chi connectivity index (χ4n) is 1.66. The van der Waals surface area contributed by atoms with E-state index in [1.54, 1.807) is 12.3 Å². The van der Waals surface area contributed by atoms with Gasteiger partial charge in [0.05, 0.1) is 6.10 Å². The van der Waals surface area contributed by atoms with Crippen LogP contribution in [-0.4, -0.2) is 29.2 Å². The topological polar surface area (TPSA) is 73.1 Å². The van der Waals surface area contributed by atoms with E-state index < -0.39 is 0 Å². The predicted molar refractivity (Wildman–Crippen MR) is 73.7 cm³/mol. The van der Waals surface area contributed by atoms with E-state index in [4.69, 9.17) is 10.5 Å². The van der Waals surface area contributed by atoms with Crippen molar-refractivity contribution in [3.05, 3.63) is 12.3 Å². The van der Waals surface area contributed by atoms with Gasteiger partial charge in [0.2, 0.25) is 11.8 Å². The first-order valence-corrected chi connectivity index (χ1v) is 6.59. The van der Waals surface area contributed by atoms with Crippen LogP contribution in [0.1, 0.15) is 33.6 Å². The first-order valence-electron chi connectivity index (χ1n) is 6.59. The number of anilines is 1. The van der Waals surface area contributed by atoms with Crippen molar-refractivity contribution >= 4 is 5.95 Å². The van der Waals surface area contributed by atoms with Gasteiger partial charge in [-0.3, -0.25) is 0 Å². The summed E-state index contributed by atoms with van der Waals surface area (Å²) in [7, 11) is 0. The third-order valence-electron chi connectivity index (χ3n) is 2.69. The number of nitrogens with zero attached hydrogens (tertiary/aromatic N) is 2. The Morgan fingerprint density at radius 3 is 2.83 bits per heavy atom. The molecule has 1 unspecified atom stereocenters. The maximum Gasteiger partial charge on any atom is 0.225 e. The molecule has 0 aromatic carbocycles. The van der Waals surface area contributed by atoms with E-state index >= 15 is 0 Å². The summed E-state index contributed by atoms with van der Waals surface area (Å²) in [5, 5.41) is 3.24. The SMILES string of the molecule is CCC(CCN)CNc1nccc(OC(C)C)n1. The molecule has 0 aliphatic heterocycles. The molecule has 102 valence electrons. The first kappa shape index (κ1) is 14.7. The molecule has 0 saturated carbocycles. The number of hydrogen-bond donors (Lipinski definition) is 2. The highest BCUT2D eigenvalue weighted by Gasteiger charge is 2.07. The van der Waals surface area contributed by atoms with Gasteiger partial charge in [0.1, 0.15) is 0 Å². The van der Waals surface area contributed by atoms with Crippen LogP contribution in [0, 0.1) is 5.92 Å². The molecular formula is C13H24N4O. The molecule has 1 rings (SSSR count). The van der Waals surface area contributed by atoms with Crippen molar-refractivity contribution in [3.63, 3.8) is 0 Å². The minimum absolute atomic E-state index is 0.119. The highest BCUT2D eigenvalue weighted by molar-refractivity contribution is 5.27. The van der Waals surface area contributed by atoms with E-state index in [0.717, 1.165) is 25.9 Å². The predicted octanol–water partition coefficient (Wildman–Crippen LogP) is 2.05. The van der Waals surface area contributed by atoms with Crippen LogP contribution in [0.2, 0.25) is 0 Å². The minimum Gasteiger partial charge on any atom is -0.475 e. The van der Waals surface area contributed by atoms with Gasteiger partial charge in [-0.15, -0.1) is 0 Å². The number of hydrogen-bond acceptors (Lipinski definition) is 5. The summed E-state index contributed by atoms with van der Waals surface area (Å²) in [5.41, 5.74) is 5.57. The fourth-order valence-corrected chi connectivity index (χ4v) is 1.66. The fraction of sp³-hybridized carbons (Fsp3) is 0.692. The normalized spacial score (nSPS) is 12.5. The molecule has 0 aliphatic rings. The second-order valence-corrected chi connectivity index (χ2v) is 4.62. The Kier molecular flexibility index (Phi) is 6.43. The van der Waals surface area contributed by atoms with Crippen molar-refractivity contribution in [2.45, 2.75) is 39.7 Å². The Bertz CT molecular complexity index is 344. The lowest BCUT2D eigenvalue weighted by Crippen LogP contribution is -2.18. The molecule has 0 spiro atoms. The molecule has 0 aliphatic carbocycles. The Morgan fingerprint density at radius 1 is 1.44 bits per heavy atom. The van der Waals surface area contributed by atoms with Gasteiger partial charge >= 0.3 is 0 Å². The minimum atomic E-state index is 0.119. The van der Waals surface area contributed by atoms with E-state index in [0.29, 0.717) is 17.7 Å². The smallest absolute Gasteiger partial charge is 0.225 e. The zero-order valence-electron chi connectivity index (χ0n) is 11.5. The van der Waals surface area contributed by atoms with Gasteiger partial charge in [-0.1, -0.05) is 13.3 Å². The highest BCUT2D eigenvalue weighted by Crippen LogP contribution is 2.12. The van der Waals surface area contributed by atoms with Crippen LogP contribution in [0.3, 0.4) is 0 Å². The van der Waals surface area contributed by atoms with Gasteiger partial charge in [0.25, 0.3) is 0 Å². The summed E-state index contributed by atoms with van der Waals surface area (Å²) in [4.78, 5) is 8.48. The summed E-state index contributed by atoms with van der Waals surface area (Å²) in [6, 6.07) is 1.77. The maximum absolute atomic E-state index is 5.57. The van der Waals surface area contributed by atoms with Crippen LogP contribution in [0.5, 0.6) is 5.88 Å². The van der Waals surface area contributed by atoms with Gasteiger partial charge < -0.3 is 15.8 Å². The van der Waals surface area contributed by atoms with Crippen molar-refractivity contribution in [1.29, 1.82) is 0 Å². The molecular weight excluding hydrogens is 228 g/mol. The van der Waals surface area contributed by atoms with Crippen LogP contribution in [-0.2, 0) is 0 Å². The largest absolute Gasteiger partial charge is 0.475 e. The van der Waals surface area contributed by atoms with E-state index in [9.17, 15) is 0 Å². The molecule has 1 atom stereocenters. The molecule has 3 N–H and O–H groups in total. The molecule has 0 bridgehead atoms. The van der Waals surface area contributed by atoms with Crippen LogP contribution in [0.15, 0.2) is 12.3 Å². The molecule has 0 saturated heterocycles. The van der Waals surface area contributed by atoms with E-state index in [-0.39, 0.29) is 6.10 Å². The van der Waals surface area contributed by atoms with Crippen molar-refractivity contribution in [2.75, 3.05) is 18.4 Å². The number of aromatic nitrogens is 2. The molecule has 0 radical (unpaired) electrons. The van der Waals surface area contributed by atoms with E-state index in [1.807, 2.05) is 13.8 Å². The zero-order chi connectivity index (χ0) is 13.4. The monoisotopic (exact) mass is 252 g/mol. The molecule has 1 aromatic rings. The first-order chi connectivity index (χ1) is 8.65. The summed E-state index contributed by atoms with van der Waals surface area (Å²) in [6.45, 7) is 7.69. The molecule has 0 fully saturated rings. The second kappa shape index (κ2) is 7.87. The van der Waals surface area contributed by atoms with Crippen molar-refractivity contribution in [3.8, 4) is 5.88 Å². The summed E-state index contributed by atoms with van der Waals surface area (Å²) in [5.74, 6) is 1.78. The van der Waals surface area contributed by atoms with Crippen LogP contribution < -0.4 is 15.8 Å². The van der Waals surface area contributed by atoms with Gasteiger partial charge in [0.15, 0.2) is 0 Å². The highest BCUT2D eigenvalue weighted by atomic mass is 16.5. The molecule has 18 heavy (non-hydrogen) atoms. The molecule has 5 heteroatoms. The van der Waals surface area contributed by atoms with E-state index in [1.165, 1.54) is 0 Å². The average molecular weight is 252 g/mol. The van der Waals surface area contributed by atoms with Gasteiger partial charge in [0, 0.05) is 18.8 Å². The van der Waals surface area contributed by atoms with Crippen molar-refractivity contribution in [1.82, 2.24) is 9.97 Å². The van der Waals surface area contributed by atoms with Gasteiger partial charge in [-0.05, 0) is 32.7 Å². The number of ether oxygens (including phenoxy) is 1. The third-order valence-corrected chi connectivity index (χ3v) is 2.69. The number of nitrogens with one attached hydrogen (secondary N) is 1.